The van der Waals surface area contributed by atoms with Gasteiger partial charge in [-0.2, -0.15) is 0 Å². The smallest absolute Gasteiger partial charge is 0.310 e. The molecule has 0 fully saturated rings. The summed E-state index contributed by atoms with van der Waals surface area (Å²) in [6.07, 6.45) is 1.93. The number of fused-ring (bicyclic) bond motifs is 1. The third-order valence-electron chi connectivity index (χ3n) is 3.76. The van der Waals surface area contributed by atoms with E-state index in [0.29, 0.717) is 0 Å². The minimum atomic E-state index is -0.0698. The molecule has 0 aliphatic heterocycles. The number of benzene rings is 1. The van der Waals surface area contributed by atoms with E-state index in [-0.39, 0.29) is 5.56 Å². The van der Waals surface area contributed by atoms with Crippen LogP contribution < -0.4 is 10.2 Å². The van der Waals surface area contributed by atoms with Gasteiger partial charge in [0.1, 0.15) is 10.6 Å². The average Bonchev–Trinajstić information content (AvgIpc) is 3.12. The first-order valence-corrected chi connectivity index (χ1v) is 8.14. The van der Waals surface area contributed by atoms with Gasteiger partial charge in [-0.1, -0.05) is 34.8 Å². The number of hydrogen-bond donors (Lipinski definition) is 1. The molecule has 3 aromatic heterocycles. The molecular formula is C17H15N4OS+. The van der Waals surface area contributed by atoms with Crippen LogP contribution in [0.3, 0.4) is 0 Å². The van der Waals surface area contributed by atoms with E-state index >= 15 is 0 Å². The molecule has 4 rings (SSSR count). The predicted octanol–water partition coefficient (Wildman–Crippen LogP) is 2.55. The van der Waals surface area contributed by atoms with Crippen molar-refractivity contribution in [1.82, 2.24) is 14.5 Å². The number of aromatic amines is 1. The van der Waals surface area contributed by atoms with Crippen molar-refractivity contribution in [2.45, 2.75) is 6.92 Å². The molecule has 4 aromatic rings. The zero-order chi connectivity index (χ0) is 16.0. The maximum Gasteiger partial charge on any atom is 0.310 e. The second-order valence-electron chi connectivity index (χ2n) is 5.46. The first-order chi connectivity index (χ1) is 11.1. The average molecular weight is 323 g/mol. The molecule has 0 aliphatic carbocycles. The lowest BCUT2D eigenvalue weighted by Crippen LogP contribution is -2.40. The van der Waals surface area contributed by atoms with Crippen molar-refractivity contribution in [3.05, 3.63) is 64.0 Å². The van der Waals surface area contributed by atoms with Gasteiger partial charge in [-0.05, 0) is 12.5 Å². The fraction of sp³-hybridized carbons (Fsp3) is 0.118. The van der Waals surface area contributed by atoms with Crippen molar-refractivity contribution in [3.63, 3.8) is 0 Å². The normalized spacial score (nSPS) is 11.2. The molecule has 0 radical (unpaired) electrons. The Morgan fingerprint density at radius 3 is 2.74 bits per heavy atom. The lowest BCUT2D eigenvalue weighted by molar-refractivity contribution is -0.738. The molecule has 5 nitrogen and oxygen atoms in total. The summed E-state index contributed by atoms with van der Waals surface area (Å²) >= 11 is 1.58. The van der Waals surface area contributed by atoms with Crippen molar-refractivity contribution in [3.8, 4) is 21.8 Å². The summed E-state index contributed by atoms with van der Waals surface area (Å²) in [5.74, 6) is 0. The molecular weight excluding hydrogens is 308 g/mol. The van der Waals surface area contributed by atoms with Crippen molar-refractivity contribution in [2.24, 2.45) is 7.05 Å². The minimum Gasteiger partial charge on any atom is -0.335 e. The number of thiazole rings is 1. The maximum absolute atomic E-state index is 12.5. The number of H-pyrrole nitrogens is 1. The van der Waals surface area contributed by atoms with Crippen LogP contribution >= 0.6 is 11.3 Å². The Balaban J connectivity index is 2.03. The van der Waals surface area contributed by atoms with Crippen LogP contribution in [0.5, 0.6) is 0 Å². The summed E-state index contributed by atoms with van der Waals surface area (Å²) in [7, 11) is 1.86. The molecule has 1 aromatic carbocycles. The van der Waals surface area contributed by atoms with Crippen LogP contribution in [0.2, 0.25) is 0 Å². The van der Waals surface area contributed by atoms with Crippen molar-refractivity contribution >= 4 is 17.0 Å². The largest absolute Gasteiger partial charge is 0.335 e. The van der Waals surface area contributed by atoms with E-state index in [9.17, 15) is 4.79 Å². The fourth-order valence-electron chi connectivity index (χ4n) is 2.72. The van der Waals surface area contributed by atoms with Crippen LogP contribution in [0.25, 0.3) is 27.5 Å². The standard InChI is InChI=1S/C17H14N4OS/c1-11-10-23-17(18-11)13-9-20(2)21-15(22)8-14(19-16(13)21)12-6-4-3-5-7-12/h3-10H,1-2H3/p+1. The summed E-state index contributed by atoms with van der Waals surface area (Å²) in [5, 5.41) is 2.92. The Labute approximate surface area is 136 Å². The van der Waals surface area contributed by atoms with E-state index < -0.39 is 0 Å². The third-order valence-corrected chi connectivity index (χ3v) is 4.76. The summed E-state index contributed by atoms with van der Waals surface area (Å²) in [6.45, 7) is 1.97. The summed E-state index contributed by atoms with van der Waals surface area (Å²) in [6, 6.07) is 11.5. The zero-order valence-electron chi connectivity index (χ0n) is 12.8. The molecule has 0 bridgehead atoms. The molecule has 3 heterocycles. The van der Waals surface area contributed by atoms with Gasteiger partial charge in [0.05, 0.1) is 5.69 Å². The van der Waals surface area contributed by atoms with E-state index in [1.54, 1.807) is 26.6 Å². The van der Waals surface area contributed by atoms with Crippen LogP contribution in [0, 0.1) is 6.92 Å². The van der Waals surface area contributed by atoms with Gasteiger partial charge in [-0.15, -0.1) is 16.0 Å². The molecule has 6 heteroatoms. The van der Waals surface area contributed by atoms with E-state index in [2.05, 4.69) is 9.97 Å². The van der Waals surface area contributed by atoms with E-state index in [1.807, 2.05) is 55.9 Å². The van der Waals surface area contributed by atoms with E-state index in [4.69, 9.17) is 0 Å². The van der Waals surface area contributed by atoms with Gasteiger partial charge >= 0.3 is 5.56 Å². The monoisotopic (exact) mass is 323 g/mol. The first kappa shape index (κ1) is 13.9. The number of nitrogens with one attached hydrogen (secondary N) is 1. The fourth-order valence-corrected chi connectivity index (χ4v) is 3.53. The molecule has 0 amide bonds. The molecule has 0 unspecified atom stereocenters. The first-order valence-electron chi connectivity index (χ1n) is 7.26. The molecule has 114 valence electrons. The number of hydrogen-bond acceptors (Lipinski definition) is 3. The molecule has 0 saturated heterocycles. The lowest BCUT2D eigenvalue weighted by Gasteiger charge is -2.02. The molecule has 0 aliphatic rings. The van der Waals surface area contributed by atoms with Crippen LogP contribution in [0.15, 0.2) is 52.8 Å². The van der Waals surface area contributed by atoms with Crippen LogP contribution in [-0.2, 0) is 7.05 Å². The van der Waals surface area contributed by atoms with Gasteiger partial charge < -0.3 is 4.98 Å². The van der Waals surface area contributed by atoms with Gasteiger partial charge in [-0.25, -0.2) is 4.98 Å². The Bertz CT molecular complexity index is 1060. The van der Waals surface area contributed by atoms with Gasteiger partial charge in [0.15, 0.2) is 12.7 Å². The van der Waals surface area contributed by atoms with E-state index in [1.165, 1.54) is 0 Å². The van der Waals surface area contributed by atoms with Crippen LogP contribution in [-0.4, -0.2) is 14.5 Å². The highest BCUT2D eigenvalue weighted by Gasteiger charge is 2.20. The zero-order valence-corrected chi connectivity index (χ0v) is 13.6. The summed E-state index contributed by atoms with van der Waals surface area (Å²) in [5.41, 5.74) is 4.38. The Hall–Kier alpha value is -2.73. The SMILES string of the molecule is Cc1csc(-c2c[n+](C)n3c(=O)cc(-c4ccccc4)[nH]c23)n1. The quantitative estimate of drug-likeness (QED) is 0.576. The third kappa shape index (κ3) is 2.27. The molecule has 0 saturated carbocycles. The number of aryl methyl sites for hydroxylation is 2. The van der Waals surface area contributed by atoms with Crippen molar-refractivity contribution < 1.29 is 4.68 Å². The molecule has 23 heavy (non-hydrogen) atoms. The van der Waals surface area contributed by atoms with Crippen LogP contribution in [0.1, 0.15) is 5.69 Å². The molecule has 0 spiro atoms. The van der Waals surface area contributed by atoms with E-state index in [0.717, 1.165) is 33.2 Å². The highest BCUT2D eigenvalue weighted by atomic mass is 32.1. The molecule has 0 atom stereocenters. The summed E-state index contributed by atoms with van der Waals surface area (Å²) < 4.78 is 3.41. The predicted molar refractivity (Wildman–Crippen MR) is 90.5 cm³/mol. The highest BCUT2D eigenvalue weighted by molar-refractivity contribution is 7.13. The number of rotatable bonds is 2. The van der Waals surface area contributed by atoms with Gasteiger partial charge in [0.2, 0.25) is 6.20 Å². The van der Waals surface area contributed by atoms with Gasteiger partial charge in [0.25, 0.3) is 0 Å². The Morgan fingerprint density at radius 1 is 1.26 bits per heavy atom. The van der Waals surface area contributed by atoms with Crippen LogP contribution in [0.4, 0.5) is 0 Å². The lowest BCUT2D eigenvalue weighted by atomic mass is 10.1. The second-order valence-corrected chi connectivity index (χ2v) is 6.32. The number of aromatic nitrogens is 4. The van der Waals surface area contributed by atoms with Crippen molar-refractivity contribution in [1.29, 1.82) is 0 Å². The van der Waals surface area contributed by atoms with Gasteiger partial charge in [-0.3, -0.25) is 4.79 Å². The highest BCUT2D eigenvalue weighted by Crippen LogP contribution is 2.26. The Kier molecular flexibility index (Phi) is 3.12. The minimum absolute atomic E-state index is 0.0698. The second kappa shape index (κ2) is 5.17. The van der Waals surface area contributed by atoms with Crippen molar-refractivity contribution in [2.75, 3.05) is 0 Å². The number of nitrogens with zero attached hydrogens (tertiary/aromatic N) is 3. The topological polar surface area (TPSA) is 54.0 Å². The summed E-state index contributed by atoms with van der Waals surface area (Å²) in [4.78, 5) is 20.5. The maximum atomic E-state index is 12.5. The molecule has 1 N–H and O–H groups in total. The van der Waals surface area contributed by atoms with Gasteiger partial charge in [0, 0.05) is 17.1 Å². The Morgan fingerprint density at radius 2 is 2.04 bits per heavy atom.